The summed E-state index contributed by atoms with van der Waals surface area (Å²) in [5.74, 6) is 0.641. The minimum absolute atomic E-state index is 0.632. The van der Waals surface area contributed by atoms with Crippen LogP contribution in [0.4, 0.5) is 0 Å². The van der Waals surface area contributed by atoms with E-state index in [4.69, 9.17) is 15.0 Å². The summed E-state index contributed by atoms with van der Waals surface area (Å²) >= 11 is 0. The first-order valence-electron chi connectivity index (χ1n) is 20.7. The molecule has 0 aliphatic heterocycles. The molecule has 0 unspecified atom stereocenters. The Hall–Kier alpha value is -8.21. The van der Waals surface area contributed by atoms with Crippen molar-refractivity contribution in [1.29, 1.82) is 0 Å². The zero-order valence-electron chi connectivity index (χ0n) is 33.1. The van der Waals surface area contributed by atoms with Crippen molar-refractivity contribution in [2.75, 3.05) is 0 Å². The predicted octanol–water partition coefficient (Wildman–Crippen LogP) is 14.9. The van der Waals surface area contributed by atoms with E-state index in [0.717, 1.165) is 70.6 Å². The zero-order valence-corrected chi connectivity index (χ0v) is 33.1. The average molecular weight is 777 g/mol. The smallest absolute Gasteiger partial charge is 0.164 e. The molecule has 3 heterocycles. The standard InChI is InChI=1S/C57H36N4/c1-4-14-37(15-5-1)44-28-29-53-51(34-44)52-36-48-35-50(54(52)61(53)49-26-8-3-9-27-49)45-23-11-19-40(31-45)42-21-13-25-47(33-42)57-59-55(38-16-6-2-7-17-38)58-56(60-57)46-24-12-20-41(32-46)39-18-10-22-43(48)30-39/h1-36H. The number of nitrogens with zero attached hydrogens (tertiary/aromatic N) is 4. The van der Waals surface area contributed by atoms with E-state index < -0.39 is 0 Å². The van der Waals surface area contributed by atoms with Crippen LogP contribution in [0, 0.1) is 0 Å². The van der Waals surface area contributed by atoms with Gasteiger partial charge in [-0.25, -0.2) is 15.0 Å². The molecule has 12 aromatic rings. The molecule has 0 atom stereocenters. The third-order valence-electron chi connectivity index (χ3n) is 11.9. The number of hydrogen-bond acceptors (Lipinski definition) is 3. The molecular formula is C57H36N4. The Balaban J connectivity index is 1.28. The molecule has 12 bridgehead atoms. The van der Waals surface area contributed by atoms with Gasteiger partial charge in [0.2, 0.25) is 0 Å². The van der Waals surface area contributed by atoms with Crippen molar-refractivity contribution in [3.05, 3.63) is 218 Å². The number of hydrogen-bond donors (Lipinski definition) is 0. The molecule has 3 aromatic heterocycles. The molecule has 12 rings (SSSR count). The Labute approximate surface area is 351 Å². The van der Waals surface area contributed by atoms with Gasteiger partial charge >= 0.3 is 0 Å². The molecule has 0 N–H and O–H groups in total. The molecule has 9 aromatic carbocycles. The molecule has 0 saturated carbocycles. The topological polar surface area (TPSA) is 43.6 Å². The largest absolute Gasteiger partial charge is 0.309 e. The van der Waals surface area contributed by atoms with E-state index in [1.807, 2.05) is 18.2 Å². The Morgan fingerprint density at radius 2 is 0.754 bits per heavy atom. The molecule has 0 spiro atoms. The number of fused-ring (bicyclic) bond motifs is 22. The summed E-state index contributed by atoms with van der Waals surface area (Å²) in [4.78, 5) is 15.3. The van der Waals surface area contributed by atoms with Crippen LogP contribution >= 0.6 is 0 Å². The van der Waals surface area contributed by atoms with E-state index in [1.165, 1.54) is 27.4 Å². The predicted molar refractivity (Wildman–Crippen MR) is 257 cm³/mol. The number of aromatic nitrogens is 4. The van der Waals surface area contributed by atoms with Gasteiger partial charge in [-0.05, 0) is 109 Å². The van der Waals surface area contributed by atoms with Crippen LogP contribution in [0.1, 0.15) is 0 Å². The maximum Gasteiger partial charge on any atom is 0.164 e. The highest BCUT2D eigenvalue weighted by atomic mass is 15.0. The Morgan fingerprint density at radius 1 is 0.279 bits per heavy atom. The van der Waals surface area contributed by atoms with Gasteiger partial charge in [-0.15, -0.1) is 0 Å². The summed E-state index contributed by atoms with van der Waals surface area (Å²) in [7, 11) is 0. The molecule has 0 amide bonds. The maximum atomic E-state index is 5.14. The normalized spacial score (nSPS) is 11.6. The third-order valence-corrected chi connectivity index (χ3v) is 11.9. The molecule has 0 aliphatic rings. The van der Waals surface area contributed by atoms with Gasteiger partial charge in [0.15, 0.2) is 17.1 Å². The maximum absolute atomic E-state index is 5.14. The highest BCUT2D eigenvalue weighted by Crippen LogP contribution is 2.40. The molecule has 61 heavy (non-hydrogen) atoms. The lowest BCUT2D eigenvalue weighted by Gasteiger charge is -2.10. The lowest BCUT2D eigenvalue weighted by molar-refractivity contribution is 1.18. The summed E-state index contributed by atoms with van der Waals surface area (Å²) in [5, 5.41) is 13.3. The van der Waals surface area contributed by atoms with Gasteiger partial charge in [-0.1, -0.05) is 158 Å². The number of rotatable bonds is 3. The van der Waals surface area contributed by atoms with E-state index in [9.17, 15) is 0 Å². The molecule has 4 heteroatoms. The Kier molecular flexibility index (Phi) is 8.13. The van der Waals surface area contributed by atoms with Crippen LogP contribution in [-0.4, -0.2) is 19.5 Å². The van der Waals surface area contributed by atoms with Crippen LogP contribution < -0.4 is 0 Å². The van der Waals surface area contributed by atoms with E-state index in [-0.39, 0.29) is 0 Å². The second-order valence-electron chi connectivity index (χ2n) is 15.7. The van der Waals surface area contributed by atoms with E-state index >= 15 is 0 Å². The van der Waals surface area contributed by atoms with Crippen LogP contribution in [0.5, 0.6) is 0 Å². The fourth-order valence-electron chi connectivity index (χ4n) is 8.96. The summed E-state index contributed by atoms with van der Waals surface area (Å²) < 4.78 is 2.45. The molecule has 0 radical (unpaired) electrons. The molecule has 0 fully saturated rings. The van der Waals surface area contributed by atoms with Crippen molar-refractivity contribution in [3.63, 3.8) is 0 Å². The van der Waals surface area contributed by atoms with Gasteiger partial charge < -0.3 is 4.57 Å². The SMILES string of the molecule is c1ccc(-c2ccc3c(c2)c2cc4cc(c5cccc(c5)c5cccc(c5)c5nc(-c6ccccc6)nc(n5)c5cccc(c5)c5cccc4c5)c2n3-c2ccccc2)cc1. The number of para-hydroxylation sites is 1. The van der Waals surface area contributed by atoms with Gasteiger partial charge in [0.1, 0.15) is 0 Å². The number of benzene rings is 9. The first-order chi connectivity index (χ1) is 30.2. The molecule has 284 valence electrons. The molecule has 4 nitrogen and oxygen atoms in total. The third kappa shape index (κ3) is 6.12. The quantitative estimate of drug-likeness (QED) is 0.179. The fraction of sp³-hybridized carbons (Fsp3) is 0. The van der Waals surface area contributed by atoms with Gasteiger partial charge in [0, 0.05) is 38.2 Å². The molecule has 0 aliphatic carbocycles. The van der Waals surface area contributed by atoms with Gasteiger partial charge in [0.25, 0.3) is 0 Å². The van der Waals surface area contributed by atoms with Crippen molar-refractivity contribution in [2.45, 2.75) is 0 Å². The summed E-state index contributed by atoms with van der Waals surface area (Å²) in [5.41, 5.74) is 8.05. The summed E-state index contributed by atoms with van der Waals surface area (Å²) in [6, 6.07) is 78.3. The first kappa shape index (κ1) is 34.8. The van der Waals surface area contributed by atoms with Crippen LogP contribution in [0.3, 0.4) is 0 Å². The minimum atomic E-state index is 0.632. The van der Waals surface area contributed by atoms with Gasteiger partial charge in [-0.3, -0.25) is 0 Å². The zero-order chi connectivity index (χ0) is 40.3. The van der Waals surface area contributed by atoms with Crippen LogP contribution in [0.25, 0.3) is 115 Å². The van der Waals surface area contributed by atoms with Crippen molar-refractivity contribution >= 4 is 87.0 Å². The highest BCUT2D eigenvalue weighted by molar-refractivity contribution is 6.21. The Bertz CT molecular complexity index is 3800. The lowest BCUT2D eigenvalue weighted by Crippen LogP contribution is -1.94. The van der Waals surface area contributed by atoms with E-state index in [0.29, 0.717) is 17.1 Å². The van der Waals surface area contributed by atoms with Crippen LogP contribution in [0.15, 0.2) is 218 Å². The van der Waals surface area contributed by atoms with Crippen molar-refractivity contribution in [1.82, 2.24) is 19.5 Å². The molecule has 0 saturated heterocycles. The minimum Gasteiger partial charge on any atom is -0.309 e. The van der Waals surface area contributed by atoms with Crippen molar-refractivity contribution in [2.24, 2.45) is 0 Å². The second-order valence-corrected chi connectivity index (χ2v) is 15.7. The van der Waals surface area contributed by atoms with Crippen LogP contribution in [0.2, 0.25) is 0 Å². The van der Waals surface area contributed by atoms with Crippen molar-refractivity contribution < 1.29 is 0 Å². The van der Waals surface area contributed by atoms with E-state index in [1.54, 1.807) is 0 Å². The van der Waals surface area contributed by atoms with Crippen molar-refractivity contribution in [3.8, 4) is 28.2 Å². The van der Waals surface area contributed by atoms with E-state index in [2.05, 4.69) is 205 Å². The summed E-state index contributed by atoms with van der Waals surface area (Å²) in [6.45, 7) is 0. The first-order valence-corrected chi connectivity index (χ1v) is 20.7. The van der Waals surface area contributed by atoms with Gasteiger partial charge in [-0.2, -0.15) is 0 Å². The summed E-state index contributed by atoms with van der Waals surface area (Å²) in [6.07, 6.45) is 0. The average Bonchev–Trinajstić information content (AvgIpc) is 3.68. The Morgan fingerprint density at radius 3 is 1.36 bits per heavy atom. The van der Waals surface area contributed by atoms with Crippen LogP contribution in [-0.2, 0) is 0 Å². The fourth-order valence-corrected chi connectivity index (χ4v) is 8.96. The highest BCUT2D eigenvalue weighted by Gasteiger charge is 2.17. The second kappa shape index (κ2) is 14.3. The monoisotopic (exact) mass is 776 g/mol. The lowest BCUT2D eigenvalue weighted by atomic mass is 9.99. The van der Waals surface area contributed by atoms with Gasteiger partial charge in [0.05, 0.1) is 11.0 Å². The molecular weight excluding hydrogens is 741 g/mol.